The van der Waals surface area contributed by atoms with E-state index in [1.807, 2.05) is 38.4 Å². The molecular formula is C19H28Cl2N2O2. The molecule has 0 fully saturated rings. The minimum atomic E-state index is 0. The minimum Gasteiger partial charge on any atom is -1.00 e. The Labute approximate surface area is 163 Å². The van der Waals surface area contributed by atoms with Crippen molar-refractivity contribution < 1.29 is 44.9 Å². The molecule has 2 rings (SSSR count). The van der Waals surface area contributed by atoms with Crippen molar-refractivity contribution in [2.75, 3.05) is 27.3 Å². The van der Waals surface area contributed by atoms with E-state index in [0.29, 0.717) is 0 Å². The summed E-state index contributed by atoms with van der Waals surface area (Å²) in [5, 5.41) is 4.16. The van der Waals surface area contributed by atoms with Gasteiger partial charge in [-0.05, 0) is 43.5 Å². The van der Waals surface area contributed by atoms with Gasteiger partial charge in [-0.25, -0.2) is 0 Å². The van der Waals surface area contributed by atoms with Crippen LogP contribution in [0, 0.1) is 0 Å². The highest BCUT2D eigenvalue weighted by molar-refractivity contribution is 5.35. The largest absolute Gasteiger partial charge is 1.00 e. The van der Waals surface area contributed by atoms with E-state index < -0.39 is 0 Å². The fourth-order valence-corrected chi connectivity index (χ4v) is 2.27. The normalized spacial score (nSPS) is 9.68. The lowest BCUT2D eigenvalue weighted by Gasteiger charge is -2.08. The van der Waals surface area contributed by atoms with Crippen LogP contribution in [0.25, 0.3) is 0 Å². The molecule has 0 atom stereocenters. The van der Waals surface area contributed by atoms with Gasteiger partial charge in [0.2, 0.25) is 0 Å². The number of quaternary nitrogens is 2. The molecule has 0 spiro atoms. The molecule has 0 aliphatic heterocycles. The first-order chi connectivity index (χ1) is 11.3. The number of hydrogen-bond donors (Lipinski definition) is 2. The molecule has 4 N–H and O–H groups in total. The second-order valence-electron chi connectivity index (χ2n) is 5.47. The second-order valence-corrected chi connectivity index (χ2v) is 5.47. The molecule has 25 heavy (non-hydrogen) atoms. The number of unbranched alkanes of at least 4 members (excludes halogenated alkanes) is 2. The fourth-order valence-electron chi connectivity index (χ4n) is 2.27. The molecule has 0 saturated heterocycles. The molecule has 4 nitrogen and oxygen atoms in total. The number of nitrogens with two attached hydrogens (primary N) is 2. The van der Waals surface area contributed by atoms with Gasteiger partial charge in [0.1, 0.15) is 22.9 Å². The number of halogens is 2. The van der Waals surface area contributed by atoms with E-state index in [0.717, 1.165) is 44.0 Å². The Morgan fingerprint density at radius 3 is 1.28 bits per heavy atom. The number of rotatable bonds is 10. The molecule has 0 saturated carbocycles. The number of hydrogen-bond acceptors (Lipinski definition) is 2. The maximum atomic E-state index is 5.74. The quantitative estimate of drug-likeness (QED) is 0.322. The minimum absolute atomic E-state index is 0. The Kier molecular flexibility index (Phi) is 13.0. The Morgan fingerprint density at radius 1 is 0.600 bits per heavy atom. The van der Waals surface area contributed by atoms with Crippen LogP contribution >= 0.6 is 0 Å². The zero-order valence-corrected chi connectivity index (χ0v) is 16.4. The first-order valence-corrected chi connectivity index (χ1v) is 8.36. The molecule has 0 heterocycles. The van der Waals surface area contributed by atoms with Crippen LogP contribution < -0.4 is 44.9 Å². The highest BCUT2D eigenvalue weighted by Gasteiger charge is 1.98. The van der Waals surface area contributed by atoms with Crippen LogP contribution in [0.15, 0.2) is 48.5 Å². The van der Waals surface area contributed by atoms with Gasteiger partial charge in [-0.2, -0.15) is 0 Å². The van der Waals surface area contributed by atoms with E-state index in [1.165, 1.54) is 11.4 Å². The Hall–Kier alpha value is -1.46. The van der Waals surface area contributed by atoms with E-state index in [4.69, 9.17) is 9.47 Å². The molecule has 0 bridgehead atoms. The van der Waals surface area contributed by atoms with Crippen LogP contribution in [-0.2, 0) is 0 Å². The summed E-state index contributed by atoms with van der Waals surface area (Å²) in [4.78, 5) is 0. The molecule has 6 heteroatoms. The maximum absolute atomic E-state index is 5.74. The van der Waals surface area contributed by atoms with Crippen molar-refractivity contribution in [2.24, 2.45) is 0 Å². The zero-order chi connectivity index (χ0) is 16.3. The third-order valence-electron chi connectivity index (χ3n) is 3.75. The summed E-state index contributed by atoms with van der Waals surface area (Å²) in [6.45, 7) is 1.52. The fraction of sp³-hybridized carbons (Fsp3) is 0.368. The Morgan fingerprint density at radius 2 is 0.960 bits per heavy atom. The van der Waals surface area contributed by atoms with Crippen LogP contribution in [0.5, 0.6) is 11.5 Å². The van der Waals surface area contributed by atoms with E-state index >= 15 is 0 Å². The lowest BCUT2D eigenvalue weighted by Crippen LogP contribution is -3.00. The van der Waals surface area contributed by atoms with Crippen molar-refractivity contribution in [3.8, 4) is 11.5 Å². The van der Waals surface area contributed by atoms with Gasteiger partial charge in [-0.3, -0.25) is 0 Å². The third-order valence-corrected chi connectivity index (χ3v) is 3.75. The van der Waals surface area contributed by atoms with Gasteiger partial charge in [-0.1, -0.05) is 0 Å². The smallest absolute Gasteiger partial charge is 0.129 e. The molecule has 0 amide bonds. The van der Waals surface area contributed by atoms with Crippen molar-refractivity contribution in [3.63, 3.8) is 0 Å². The van der Waals surface area contributed by atoms with Crippen molar-refractivity contribution >= 4 is 11.4 Å². The summed E-state index contributed by atoms with van der Waals surface area (Å²) in [5.41, 5.74) is 2.44. The van der Waals surface area contributed by atoms with Gasteiger partial charge >= 0.3 is 0 Å². The van der Waals surface area contributed by atoms with Crippen molar-refractivity contribution in [2.45, 2.75) is 19.3 Å². The van der Waals surface area contributed by atoms with Crippen LogP contribution in [-0.4, -0.2) is 27.3 Å². The van der Waals surface area contributed by atoms with Crippen LogP contribution in [0.1, 0.15) is 19.3 Å². The standard InChI is InChI=1S/C19H26N2O2.2ClH/c1-20-16-6-10-18(11-7-16)22-14-4-3-5-15-23-19-12-8-17(21-2)9-13-19;;/h6-13,20-21H,3-5,14-15H2,1-2H3;2*1H. The molecule has 0 aliphatic rings. The van der Waals surface area contributed by atoms with E-state index in [9.17, 15) is 0 Å². The highest BCUT2D eigenvalue weighted by atomic mass is 35.5. The van der Waals surface area contributed by atoms with E-state index in [2.05, 4.69) is 34.9 Å². The summed E-state index contributed by atoms with van der Waals surface area (Å²) >= 11 is 0. The van der Waals surface area contributed by atoms with E-state index in [1.54, 1.807) is 0 Å². The molecule has 0 aromatic heterocycles. The topological polar surface area (TPSA) is 51.7 Å². The summed E-state index contributed by atoms with van der Waals surface area (Å²) in [5.74, 6) is 1.89. The summed E-state index contributed by atoms with van der Waals surface area (Å²) in [7, 11) is 4.07. The van der Waals surface area contributed by atoms with Gasteiger partial charge in [0.25, 0.3) is 0 Å². The van der Waals surface area contributed by atoms with Crippen molar-refractivity contribution in [3.05, 3.63) is 48.5 Å². The van der Waals surface area contributed by atoms with Gasteiger partial charge in [-0.15, -0.1) is 0 Å². The summed E-state index contributed by atoms with van der Waals surface area (Å²) < 4.78 is 11.5. The molecule has 140 valence electrons. The predicted octanol–water partition coefficient (Wildman–Crippen LogP) is -4.03. The summed E-state index contributed by atoms with van der Waals surface area (Å²) in [6.07, 6.45) is 3.21. The average Bonchev–Trinajstić information content (AvgIpc) is 2.62. The lowest BCUT2D eigenvalue weighted by molar-refractivity contribution is -0.539. The Balaban J connectivity index is 0.00000288. The number of benzene rings is 2. The van der Waals surface area contributed by atoms with Gasteiger partial charge in [0.15, 0.2) is 0 Å². The first-order valence-electron chi connectivity index (χ1n) is 8.36. The molecule has 2 aromatic carbocycles. The predicted molar refractivity (Wildman–Crippen MR) is 92.7 cm³/mol. The third kappa shape index (κ3) is 8.98. The van der Waals surface area contributed by atoms with Gasteiger partial charge in [0.05, 0.1) is 27.3 Å². The van der Waals surface area contributed by atoms with Crippen molar-refractivity contribution in [1.29, 1.82) is 0 Å². The van der Waals surface area contributed by atoms with Gasteiger partial charge in [0, 0.05) is 24.3 Å². The Bertz CT molecular complexity index is 511. The van der Waals surface area contributed by atoms with Crippen LogP contribution in [0.2, 0.25) is 0 Å². The van der Waals surface area contributed by atoms with Crippen LogP contribution in [0.3, 0.4) is 0 Å². The number of ether oxygens (including phenoxy) is 2. The lowest BCUT2D eigenvalue weighted by atomic mass is 10.2. The van der Waals surface area contributed by atoms with Crippen LogP contribution in [0.4, 0.5) is 11.4 Å². The maximum Gasteiger partial charge on any atom is 0.129 e. The average molecular weight is 387 g/mol. The first kappa shape index (κ1) is 23.5. The van der Waals surface area contributed by atoms with Crippen molar-refractivity contribution in [1.82, 2.24) is 0 Å². The molecule has 0 radical (unpaired) electrons. The monoisotopic (exact) mass is 386 g/mol. The molecule has 0 aliphatic carbocycles. The zero-order valence-electron chi connectivity index (χ0n) is 14.9. The highest BCUT2D eigenvalue weighted by Crippen LogP contribution is 2.14. The molecular weight excluding hydrogens is 359 g/mol. The SMILES string of the molecule is C[NH2+]c1ccc(OCCCCCOc2ccc([NH2+]C)cc2)cc1.[Cl-].[Cl-]. The van der Waals surface area contributed by atoms with Gasteiger partial charge < -0.3 is 44.9 Å². The molecule has 0 unspecified atom stereocenters. The second kappa shape index (κ2) is 13.8. The summed E-state index contributed by atoms with van der Waals surface area (Å²) in [6, 6.07) is 16.4. The van der Waals surface area contributed by atoms with E-state index in [-0.39, 0.29) is 24.8 Å². The molecule has 2 aromatic rings.